The van der Waals surface area contributed by atoms with Crippen molar-refractivity contribution < 1.29 is 14.3 Å². The van der Waals surface area contributed by atoms with Gasteiger partial charge in [0.25, 0.3) is 5.91 Å². The molecule has 5 nitrogen and oxygen atoms in total. The Bertz CT molecular complexity index is 669. The molecule has 1 fully saturated rings. The molecule has 0 bridgehead atoms. The highest BCUT2D eigenvalue weighted by molar-refractivity contribution is 5.92. The van der Waals surface area contributed by atoms with Crippen molar-refractivity contribution in [3.63, 3.8) is 0 Å². The maximum absolute atomic E-state index is 12.1. The first-order valence-electron chi connectivity index (χ1n) is 8.03. The third-order valence-corrected chi connectivity index (χ3v) is 4.31. The predicted octanol–water partition coefficient (Wildman–Crippen LogP) is 2.24. The number of carbonyl (C=O) groups excluding carboxylic acids is 1. The second-order valence-electron chi connectivity index (χ2n) is 5.91. The number of β-amino-alcohol motifs (C(OH)–C–C–N with tert-alkyl or cyclic N) is 1. The Morgan fingerprint density at radius 1 is 1.25 bits per heavy atom. The number of furan rings is 1. The second-order valence-corrected chi connectivity index (χ2v) is 5.91. The number of aliphatic hydroxyl groups excluding tert-OH is 1. The highest BCUT2D eigenvalue weighted by Gasteiger charge is 2.25. The van der Waals surface area contributed by atoms with E-state index in [9.17, 15) is 9.90 Å². The molecule has 6 heteroatoms. The molecular weight excluding hydrogens is 328 g/mol. The summed E-state index contributed by atoms with van der Waals surface area (Å²) < 4.78 is 5.66. The van der Waals surface area contributed by atoms with E-state index >= 15 is 0 Å². The molecule has 1 aromatic carbocycles. The maximum Gasteiger partial charge on any atom is 0.287 e. The van der Waals surface area contributed by atoms with Gasteiger partial charge in [0.15, 0.2) is 5.76 Å². The van der Waals surface area contributed by atoms with Gasteiger partial charge in [-0.3, -0.25) is 4.79 Å². The molecule has 2 unspecified atom stereocenters. The van der Waals surface area contributed by atoms with Crippen molar-refractivity contribution in [3.8, 4) is 11.3 Å². The zero-order valence-corrected chi connectivity index (χ0v) is 14.4. The molecule has 1 amide bonds. The Morgan fingerprint density at radius 3 is 2.62 bits per heavy atom. The van der Waals surface area contributed by atoms with Gasteiger partial charge in [0, 0.05) is 31.1 Å². The second kappa shape index (κ2) is 8.33. The van der Waals surface area contributed by atoms with Crippen molar-refractivity contribution in [1.82, 2.24) is 10.6 Å². The number of aliphatic hydroxyl groups is 1. The van der Waals surface area contributed by atoms with Crippen molar-refractivity contribution in [2.45, 2.75) is 19.4 Å². The summed E-state index contributed by atoms with van der Waals surface area (Å²) in [5.74, 6) is 0.774. The minimum Gasteiger partial charge on any atom is -0.451 e. The fraction of sp³-hybridized carbons (Fsp3) is 0.389. The topological polar surface area (TPSA) is 74.5 Å². The van der Waals surface area contributed by atoms with E-state index in [1.807, 2.05) is 18.2 Å². The highest BCUT2D eigenvalue weighted by atomic mass is 35.5. The normalized spacial score (nSPS) is 19.8. The minimum atomic E-state index is -0.403. The van der Waals surface area contributed by atoms with E-state index < -0.39 is 6.10 Å². The van der Waals surface area contributed by atoms with Crippen LogP contribution in [0.4, 0.5) is 0 Å². The van der Waals surface area contributed by atoms with E-state index in [1.165, 1.54) is 5.56 Å². The van der Waals surface area contributed by atoms with Crippen molar-refractivity contribution in [2.24, 2.45) is 5.92 Å². The molecule has 2 aromatic rings. The number of aryl methyl sites for hydroxylation is 1. The monoisotopic (exact) mass is 350 g/mol. The number of halogens is 1. The molecule has 0 spiro atoms. The van der Waals surface area contributed by atoms with Crippen LogP contribution in [0.15, 0.2) is 40.8 Å². The van der Waals surface area contributed by atoms with Crippen LogP contribution in [-0.4, -0.2) is 36.8 Å². The summed E-state index contributed by atoms with van der Waals surface area (Å²) >= 11 is 0. The lowest BCUT2D eigenvalue weighted by molar-refractivity contribution is 0.0900. The molecule has 1 saturated heterocycles. The Hall–Kier alpha value is -1.82. The molecular formula is C18H23ClN2O3. The number of rotatable bonds is 5. The Labute approximate surface area is 147 Å². The van der Waals surface area contributed by atoms with Gasteiger partial charge in [-0.25, -0.2) is 0 Å². The lowest BCUT2D eigenvalue weighted by Crippen LogP contribution is -2.34. The van der Waals surface area contributed by atoms with Gasteiger partial charge < -0.3 is 20.2 Å². The SMILES string of the molecule is CCc1ccc(-c2ccc(C(=O)NCC3CNCC3O)o2)cc1.Cl. The van der Waals surface area contributed by atoms with Crippen LogP contribution >= 0.6 is 12.4 Å². The van der Waals surface area contributed by atoms with Gasteiger partial charge in [0.05, 0.1) is 6.10 Å². The van der Waals surface area contributed by atoms with Crippen LogP contribution in [0.2, 0.25) is 0 Å². The summed E-state index contributed by atoms with van der Waals surface area (Å²) in [4.78, 5) is 12.1. The lowest BCUT2D eigenvalue weighted by Gasteiger charge is -2.13. The molecule has 24 heavy (non-hydrogen) atoms. The molecule has 2 atom stereocenters. The van der Waals surface area contributed by atoms with Gasteiger partial charge in [0.1, 0.15) is 5.76 Å². The van der Waals surface area contributed by atoms with E-state index in [0.29, 0.717) is 31.2 Å². The van der Waals surface area contributed by atoms with Gasteiger partial charge in [-0.2, -0.15) is 0 Å². The van der Waals surface area contributed by atoms with Crippen LogP contribution in [0.25, 0.3) is 11.3 Å². The quantitative estimate of drug-likeness (QED) is 0.773. The Kier molecular flexibility index (Phi) is 6.43. The molecule has 3 rings (SSSR count). The highest BCUT2D eigenvalue weighted by Crippen LogP contribution is 2.22. The van der Waals surface area contributed by atoms with Crippen LogP contribution < -0.4 is 10.6 Å². The van der Waals surface area contributed by atoms with Gasteiger partial charge in [-0.1, -0.05) is 31.2 Å². The molecule has 1 aliphatic heterocycles. The van der Waals surface area contributed by atoms with E-state index in [4.69, 9.17) is 4.42 Å². The predicted molar refractivity (Wildman–Crippen MR) is 95.5 cm³/mol. The lowest BCUT2D eigenvalue weighted by atomic mass is 10.1. The van der Waals surface area contributed by atoms with Gasteiger partial charge in [0.2, 0.25) is 0 Å². The number of carbonyl (C=O) groups is 1. The molecule has 0 saturated carbocycles. The number of nitrogens with one attached hydrogen (secondary N) is 2. The summed E-state index contributed by atoms with van der Waals surface area (Å²) in [5, 5.41) is 15.6. The average molecular weight is 351 g/mol. The smallest absolute Gasteiger partial charge is 0.287 e. The zero-order chi connectivity index (χ0) is 16.2. The third-order valence-electron chi connectivity index (χ3n) is 4.31. The summed E-state index contributed by atoms with van der Waals surface area (Å²) in [6, 6.07) is 11.6. The first kappa shape index (κ1) is 18.5. The zero-order valence-electron chi connectivity index (χ0n) is 13.6. The van der Waals surface area contributed by atoms with Crippen LogP contribution in [0.5, 0.6) is 0 Å². The Morgan fingerprint density at radius 2 is 2.00 bits per heavy atom. The summed E-state index contributed by atoms with van der Waals surface area (Å²) in [6.07, 6.45) is 0.591. The fourth-order valence-corrected chi connectivity index (χ4v) is 2.76. The van der Waals surface area contributed by atoms with Gasteiger partial charge in [-0.15, -0.1) is 12.4 Å². The van der Waals surface area contributed by atoms with Crippen molar-refractivity contribution in [2.75, 3.05) is 19.6 Å². The molecule has 130 valence electrons. The number of benzene rings is 1. The van der Waals surface area contributed by atoms with E-state index in [2.05, 4.69) is 29.7 Å². The molecule has 1 aromatic heterocycles. The standard InChI is InChI=1S/C18H22N2O3.ClH/c1-2-12-3-5-13(6-4-12)16-7-8-17(23-16)18(22)20-10-14-9-19-11-15(14)21;/h3-8,14-15,19,21H,2,9-11H2,1H3,(H,20,22);1H. The minimum absolute atomic E-state index is 0. The average Bonchev–Trinajstić information content (AvgIpc) is 3.22. The summed E-state index contributed by atoms with van der Waals surface area (Å²) in [7, 11) is 0. The Balaban J connectivity index is 0.00000208. The summed E-state index contributed by atoms with van der Waals surface area (Å²) in [6.45, 7) is 3.85. The fourth-order valence-electron chi connectivity index (χ4n) is 2.76. The van der Waals surface area contributed by atoms with Crippen molar-refractivity contribution in [3.05, 3.63) is 47.7 Å². The molecule has 3 N–H and O–H groups in total. The van der Waals surface area contributed by atoms with Crippen LogP contribution in [0.1, 0.15) is 23.0 Å². The largest absolute Gasteiger partial charge is 0.451 e. The van der Waals surface area contributed by atoms with Gasteiger partial charge >= 0.3 is 0 Å². The summed E-state index contributed by atoms with van der Waals surface area (Å²) in [5.41, 5.74) is 2.22. The van der Waals surface area contributed by atoms with Crippen molar-refractivity contribution in [1.29, 1.82) is 0 Å². The molecule has 2 heterocycles. The van der Waals surface area contributed by atoms with Crippen LogP contribution in [-0.2, 0) is 6.42 Å². The van der Waals surface area contributed by atoms with E-state index in [0.717, 1.165) is 12.0 Å². The first-order valence-corrected chi connectivity index (χ1v) is 8.03. The number of hydrogen-bond donors (Lipinski definition) is 3. The first-order chi connectivity index (χ1) is 11.2. The van der Waals surface area contributed by atoms with E-state index in [-0.39, 0.29) is 24.2 Å². The third kappa shape index (κ3) is 4.17. The molecule has 0 radical (unpaired) electrons. The molecule has 1 aliphatic rings. The molecule has 0 aliphatic carbocycles. The number of hydrogen-bond acceptors (Lipinski definition) is 4. The number of amides is 1. The van der Waals surface area contributed by atoms with Crippen LogP contribution in [0, 0.1) is 5.92 Å². The van der Waals surface area contributed by atoms with Gasteiger partial charge in [-0.05, 0) is 24.1 Å². The maximum atomic E-state index is 12.1. The van der Waals surface area contributed by atoms with Crippen LogP contribution in [0.3, 0.4) is 0 Å². The van der Waals surface area contributed by atoms with Crippen molar-refractivity contribution >= 4 is 18.3 Å². The van der Waals surface area contributed by atoms with E-state index in [1.54, 1.807) is 6.07 Å².